The van der Waals surface area contributed by atoms with Crippen LogP contribution in [0.15, 0.2) is 54.6 Å². The first-order valence-corrected chi connectivity index (χ1v) is 6.29. The summed E-state index contributed by atoms with van der Waals surface area (Å²) < 4.78 is 0. The maximum atomic E-state index is 9.51. The molecule has 3 N–H and O–H groups in total. The second-order valence-corrected chi connectivity index (χ2v) is 5.25. The Morgan fingerprint density at radius 3 is 2.61 bits per heavy atom. The first-order valence-electron chi connectivity index (χ1n) is 6.29. The number of phenols is 1. The number of rotatable bonds is 3. The molecule has 3 rings (SSSR count). The highest BCUT2D eigenvalue weighted by molar-refractivity contribution is 5.39. The van der Waals surface area contributed by atoms with E-state index >= 15 is 0 Å². The van der Waals surface area contributed by atoms with Crippen molar-refractivity contribution in [3.8, 4) is 5.75 Å². The normalized spacial score (nSPS) is 25.9. The van der Waals surface area contributed by atoms with Gasteiger partial charge in [-0.1, -0.05) is 42.5 Å². The molecule has 92 valence electrons. The minimum Gasteiger partial charge on any atom is -0.508 e. The van der Waals surface area contributed by atoms with Crippen LogP contribution in [0.25, 0.3) is 0 Å². The van der Waals surface area contributed by atoms with Crippen molar-refractivity contribution >= 4 is 0 Å². The highest BCUT2D eigenvalue weighted by atomic mass is 16.3. The highest BCUT2D eigenvalue weighted by Crippen LogP contribution is 2.51. The Bertz CT molecular complexity index is 552. The van der Waals surface area contributed by atoms with Gasteiger partial charge in [-0.2, -0.15) is 0 Å². The zero-order chi connectivity index (χ0) is 12.6. The number of hydrogen-bond donors (Lipinski definition) is 2. The molecule has 2 heteroatoms. The monoisotopic (exact) mass is 239 g/mol. The van der Waals surface area contributed by atoms with Crippen LogP contribution in [0, 0.1) is 0 Å². The summed E-state index contributed by atoms with van der Waals surface area (Å²) in [5, 5.41) is 9.51. The van der Waals surface area contributed by atoms with E-state index in [-0.39, 0.29) is 5.54 Å². The average molecular weight is 239 g/mol. The Hall–Kier alpha value is -1.80. The van der Waals surface area contributed by atoms with Crippen LogP contribution in [0.3, 0.4) is 0 Å². The van der Waals surface area contributed by atoms with Crippen molar-refractivity contribution in [1.29, 1.82) is 0 Å². The van der Waals surface area contributed by atoms with Gasteiger partial charge in [0.15, 0.2) is 0 Å². The van der Waals surface area contributed by atoms with Crippen molar-refractivity contribution in [2.45, 2.75) is 24.3 Å². The second-order valence-electron chi connectivity index (χ2n) is 5.25. The van der Waals surface area contributed by atoms with E-state index in [1.807, 2.05) is 36.4 Å². The van der Waals surface area contributed by atoms with Gasteiger partial charge in [0.25, 0.3) is 0 Å². The first-order chi connectivity index (χ1) is 8.67. The van der Waals surface area contributed by atoms with Gasteiger partial charge in [0.2, 0.25) is 0 Å². The first kappa shape index (κ1) is 11.3. The summed E-state index contributed by atoms with van der Waals surface area (Å²) in [4.78, 5) is 0. The molecule has 2 nitrogen and oxygen atoms in total. The van der Waals surface area contributed by atoms with Crippen molar-refractivity contribution in [1.82, 2.24) is 0 Å². The van der Waals surface area contributed by atoms with Crippen LogP contribution < -0.4 is 5.73 Å². The van der Waals surface area contributed by atoms with E-state index in [2.05, 4.69) is 12.1 Å². The molecule has 0 bridgehead atoms. The van der Waals surface area contributed by atoms with Crippen molar-refractivity contribution in [3.63, 3.8) is 0 Å². The Morgan fingerprint density at radius 2 is 1.89 bits per heavy atom. The summed E-state index contributed by atoms with van der Waals surface area (Å²) in [6, 6.07) is 17.8. The van der Waals surface area contributed by atoms with E-state index in [9.17, 15) is 5.11 Å². The molecule has 0 aromatic heterocycles. The quantitative estimate of drug-likeness (QED) is 0.865. The summed E-state index contributed by atoms with van der Waals surface area (Å²) in [7, 11) is 0. The number of benzene rings is 2. The van der Waals surface area contributed by atoms with Crippen LogP contribution in [0.1, 0.15) is 23.5 Å². The Labute approximate surface area is 107 Å². The van der Waals surface area contributed by atoms with Gasteiger partial charge in [0, 0.05) is 11.5 Å². The summed E-state index contributed by atoms with van der Waals surface area (Å²) >= 11 is 0. The van der Waals surface area contributed by atoms with E-state index in [0.717, 1.165) is 18.4 Å². The summed E-state index contributed by atoms with van der Waals surface area (Å²) in [5.41, 5.74) is 8.71. The lowest BCUT2D eigenvalue weighted by Gasteiger charge is -2.12. The van der Waals surface area contributed by atoms with Gasteiger partial charge in [-0.3, -0.25) is 0 Å². The molecule has 1 aliphatic rings. The second kappa shape index (κ2) is 4.14. The molecule has 1 saturated carbocycles. The molecule has 18 heavy (non-hydrogen) atoms. The van der Waals surface area contributed by atoms with Gasteiger partial charge in [-0.05, 0) is 36.1 Å². The third-order valence-electron chi connectivity index (χ3n) is 3.77. The summed E-state index contributed by atoms with van der Waals surface area (Å²) in [5.74, 6) is 0.686. The van der Waals surface area contributed by atoms with Gasteiger partial charge in [0.05, 0.1) is 0 Å². The Morgan fingerprint density at radius 1 is 1.11 bits per heavy atom. The fourth-order valence-corrected chi connectivity index (χ4v) is 2.68. The molecule has 2 aromatic carbocycles. The van der Waals surface area contributed by atoms with Gasteiger partial charge < -0.3 is 10.8 Å². The van der Waals surface area contributed by atoms with E-state index in [4.69, 9.17) is 5.73 Å². The standard InChI is InChI=1S/C16H17NO/c17-16(10-12-5-2-1-3-6-12)11-15(16)13-7-4-8-14(18)9-13/h1-9,15,18H,10-11,17H2. The van der Waals surface area contributed by atoms with E-state index in [1.54, 1.807) is 6.07 Å². The molecule has 1 aliphatic carbocycles. The van der Waals surface area contributed by atoms with Crippen molar-refractivity contribution in [3.05, 3.63) is 65.7 Å². The molecule has 0 spiro atoms. The minimum atomic E-state index is -0.144. The van der Waals surface area contributed by atoms with Crippen LogP contribution in [-0.2, 0) is 6.42 Å². The maximum absolute atomic E-state index is 9.51. The fraction of sp³-hybridized carbons (Fsp3) is 0.250. The lowest BCUT2D eigenvalue weighted by Crippen LogP contribution is -2.27. The third kappa shape index (κ3) is 2.12. The zero-order valence-corrected chi connectivity index (χ0v) is 10.2. The largest absolute Gasteiger partial charge is 0.508 e. The van der Waals surface area contributed by atoms with Crippen molar-refractivity contribution < 1.29 is 5.11 Å². The highest BCUT2D eigenvalue weighted by Gasteiger charge is 2.51. The fourth-order valence-electron chi connectivity index (χ4n) is 2.68. The molecule has 1 fully saturated rings. The van der Waals surface area contributed by atoms with Crippen LogP contribution in [0.2, 0.25) is 0 Å². The molecule has 2 unspecified atom stereocenters. The van der Waals surface area contributed by atoms with Crippen molar-refractivity contribution in [2.24, 2.45) is 5.73 Å². The summed E-state index contributed by atoms with van der Waals surface area (Å²) in [6.45, 7) is 0. The van der Waals surface area contributed by atoms with Crippen LogP contribution >= 0.6 is 0 Å². The van der Waals surface area contributed by atoms with Crippen LogP contribution in [0.4, 0.5) is 0 Å². The molecule has 2 aromatic rings. The smallest absolute Gasteiger partial charge is 0.115 e. The number of hydrogen-bond acceptors (Lipinski definition) is 2. The molecule has 0 saturated heterocycles. The SMILES string of the molecule is NC1(Cc2ccccc2)CC1c1cccc(O)c1. The van der Waals surface area contributed by atoms with E-state index in [1.165, 1.54) is 5.56 Å². The van der Waals surface area contributed by atoms with Gasteiger partial charge in [0.1, 0.15) is 5.75 Å². The topological polar surface area (TPSA) is 46.2 Å². The predicted octanol–water partition coefficient (Wildman–Crippen LogP) is 2.82. The molecular formula is C16H17NO. The Kier molecular flexibility index (Phi) is 2.60. The maximum Gasteiger partial charge on any atom is 0.115 e. The molecule has 2 atom stereocenters. The third-order valence-corrected chi connectivity index (χ3v) is 3.77. The lowest BCUT2D eigenvalue weighted by atomic mass is 9.99. The molecular weight excluding hydrogens is 222 g/mol. The van der Waals surface area contributed by atoms with Gasteiger partial charge >= 0.3 is 0 Å². The molecule has 0 heterocycles. The predicted molar refractivity (Wildman–Crippen MR) is 72.5 cm³/mol. The number of nitrogens with two attached hydrogens (primary N) is 1. The van der Waals surface area contributed by atoms with E-state index < -0.39 is 0 Å². The average Bonchev–Trinajstić information content (AvgIpc) is 3.02. The molecule has 0 radical (unpaired) electrons. The minimum absolute atomic E-state index is 0.144. The van der Waals surface area contributed by atoms with Crippen LogP contribution in [0.5, 0.6) is 5.75 Å². The van der Waals surface area contributed by atoms with Gasteiger partial charge in [-0.25, -0.2) is 0 Å². The van der Waals surface area contributed by atoms with Crippen LogP contribution in [-0.4, -0.2) is 10.6 Å². The molecule has 0 aliphatic heterocycles. The van der Waals surface area contributed by atoms with E-state index in [0.29, 0.717) is 11.7 Å². The van der Waals surface area contributed by atoms with Crippen molar-refractivity contribution in [2.75, 3.05) is 0 Å². The molecule has 0 amide bonds. The number of phenolic OH excluding ortho intramolecular Hbond substituents is 1. The Balaban J connectivity index is 1.76. The summed E-state index contributed by atoms with van der Waals surface area (Å²) in [6.07, 6.45) is 1.89. The zero-order valence-electron chi connectivity index (χ0n) is 10.2. The number of aromatic hydroxyl groups is 1. The lowest BCUT2D eigenvalue weighted by molar-refractivity contribution is 0.474. The van der Waals surface area contributed by atoms with Gasteiger partial charge in [-0.15, -0.1) is 0 Å².